The van der Waals surface area contributed by atoms with E-state index in [4.69, 9.17) is 18.9 Å². The number of carbonyl (C=O) groups is 2. The van der Waals surface area contributed by atoms with Crippen LogP contribution in [0.4, 0.5) is 5.00 Å². The van der Waals surface area contributed by atoms with Crippen molar-refractivity contribution in [3.63, 3.8) is 0 Å². The first-order valence-corrected chi connectivity index (χ1v) is 10.4. The van der Waals surface area contributed by atoms with E-state index in [0.717, 1.165) is 5.56 Å². The van der Waals surface area contributed by atoms with Crippen molar-refractivity contribution in [1.29, 1.82) is 0 Å². The minimum Gasteiger partial charge on any atom is -0.497 e. The van der Waals surface area contributed by atoms with Crippen LogP contribution in [-0.4, -0.2) is 39.3 Å². The number of nitrogens with one attached hydrogen (secondary N) is 1. The number of carbonyl (C=O) groups excluding carboxylic acids is 2. The average Bonchev–Trinajstić information content (AvgIpc) is 3.21. The predicted octanol–water partition coefficient (Wildman–Crippen LogP) is 4.63. The normalized spacial score (nSPS) is 10.3. The number of thiophene rings is 1. The molecular formula is C23H23NO6S. The lowest BCUT2D eigenvalue weighted by molar-refractivity contribution is -0.118. The maximum atomic E-state index is 12.6. The van der Waals surface area contributed by atoms with Crippen molar-refractivity contribution in [1.82, 2.24) is 0 Å². The summed E-state index contributed by atoms with van der Waals surface area (Å²) in [7, 11) is 3.12. The lowest BCUT2D eigenvalue weighted by Gasteiger charge is -2.11. The molecular weight excluding hydrogens is 418 g/mol. The van der Waals surface area contributed by atoms with Gasteiger partial charge < -0.3 is 24.3 Å². The summed E-state index contributed by atoms with van der Waals surface area (Å²) in [6.07, 6.45) is 0. The monoisotopic (exact) mass is 441 g/mol. The highest BCUT2D eigenvalue weighted by Crippen LogP contribution is 2.37. The standard InChI is InChI=1S/C23H23NO6S/c1-4-29-23(26)21-17(15-9-11-16(27-2)12-10-15)14-31-22(21)24-20(25)13-30-19-8-6-5-7-18(19)28-3/h5-12,14H,4,13H2,1-3H3,(H,24,25). The molecule has 0 aliphatic carbocycles. The van der Waals surface area contributed by atoms with Crippen LogP contribution in [0.25, 0.3) is 11.1 Å². The molecule has 0 fully saturated rings. The maximum absolute atomic E-state index is 12.6. The lowest BCUT2D eigenvalue weighted by atomic mass is 10.0. The minimum absolute atomic E-state index is 0.223. The molecule has 0 saturated heterocycles. The van der Waals surface area contributed by atoms with Crippen LogP contribution >= 0.6 is 11.3 Å². The predicted molar refractivity (Wildman–Crippen MR) is 119 cm³/mol. The van der Waals surface area contributed by atoms with Crippen LogP contribution in [0.1, 0.15) is 17.3 Å². The number of anilines is 1. The fourth-order valence-corrected chi connectivity index (χ4v) is 3.86. The number of para-hydroxylation sites is 2. The highest BCUT2D eigenvalue weighted by Gasteiger charge is 2.23. The van der Waals surface area contributed by atoms with Crippen LogP contribution in [0.2, 0.25) is 0 Å². The van der Waals surface area contributed by atoms with Gasteiger partial charge in [0.15, 0.2) is 18.1 Å². The first-order valence-electron chi connectivity index (χ1n) is 9.56. The zero-order chi connectivity index (χ0) is 22.2. The van der Waals surface area contributed by atoms with Gasteiger partial charge in [-0.1, -0.05) is 24.3 Å². The van der Waals surface area contributed by atoms with E-state index in [9.17, 15) is 9.59 Å². The van der Waals surface area contributed by atoms with Crippen LogP contribution in [0.15, 0.2) is 53.9 Å². The van der Waals surface area contributed by atoms with Gasteiger partial charge in [0.1, 0.15) is 16.3 Å². The van der Waals surface area contributed by atoms with E-state index in [1.165, 1.54) is 18.4 Å². The molecule has 31 heavy (non-hydrogen) atoms. The van der Waals surface area contributed by atoms with Crippen LogP contribution < -0.4 is 19.5 Å². The van der Waals surface area contributed by atoms with E-state index in [1.807, 2.05) is 23.6 Å². The quantitative estimate of drug-likeness (QED) is 0.488. The fraction of sp³-hybridized carbons (Fsp3) is 0.217. The van der Waals surface area contributed by atoms with E-state index in [1.54, 1.807) is 44.4 Å². The lowest BCUT2D eigenvalue weighted by Crippen LogP contribution is -2.21. The van der Waals surface area contributed by atoms with E-state index in [0.29, 0.717) is 33.4 Å². The third-order valence-electron chi connectivity index (χ3n) is 4.35. The highest BCUT2D eigenvalue weighted by molar-refractivity contribution is 7.15. The van der Waals surface area contributed by atoms with Gasteiger partial charge >= 0.3 is 5.97 Å². The number of hydrogen-bond acceptors (Lipinski definition) is 7. The average molecular weight is 442 g/mol. The van der Waals surface area contributed by atoms with Gasteiger partial charge in [-0.15, -0.1) is 11.3 Å². The van der Waals surface area contributed by atoms with E-state index in [-0.39, 0.29) is 13.2 Å². The van der Waals surface area contributed by atoms with Gasteiger partial charge in [0.05, 0.1) is 20.8 Å². The second-order valence-corrected chi connectivity index (χ2v) is 7.17. The van der Waals surface area contributed by atoms with Crippen LogP contribution in [0.3, 0.4) is 0 Å². The SMILES string of the molecule is CCOC(=O)c1c(-c2ccc(OC)cc2)csc1NC(=O)COc1ccccc1OC. The van der Waals surface area contributed by atoms with E-state index >= 15 is 0 Å². The maximum Gasteiger partial charge on any atom is 0.341 e. The molecule has 0 aliphatic heterocycles. The Kier molecular flexibility index (Phi) is 7.50. The molecule has 3 aromatic rings. The first-order chi connectivity index (χ1) is 15.1. The van der Waals surface area contributed by atoms with Gasteiger partial charge in [-0.05, 0) is 36.8 Å². The third-order valence-corrected chi connectivity index (χ3v) is 5.25. The van der Waals surface area contributed by atoms with Crippen molar-refractivity contribution in [3.05, 3.63) is 59.5 Å². The fourth-order valence-electron chi connectivity index (χ4n) is 2.88. The van der Waals surface area contributed by atoms with Crippen molar-refractivity contribution >= 4 is 28.2 Å². The van der Waals surface area contributed by atoms with Gasteiger partial charge in [0, 0.05) is 10.9 Å². The summed E-state index contributed by atoms with van der Waals surface area (Å²) in [5.74, 6) is 0.782. The highest BCUT2D eigenvalue weighted by atomic mass is 32.1. The minimum atomic E-state index is -0.504. The molecule has 0 aliphatic rings. The Morgan fingerprint density at radius 1 is 0.968 bits per heavy atom. The number of amides is 1. The van der Waals surface area contributed by atoms with Gasteiger partial charge in [0.2, 0.25) is 0 Å². The molecule has 0 atom stereocenters. The smallest absolute Gasteiger partial charge is 0.341 e. The van der Waals surface area contributed by atoms with E-state index in [2.05, 4.69) is 5.32 Å². The molecule has 0 bridgehead atoms. The number of benzene rings is 2. The van der Waals surface area contributed by atoms with Crippen molar-refractivity contribution in [2.75, 3.05) is 32.8 Å². The Hall–Kier alpha value is -3.52. The molecule has 1 heterocycles. The summed E-state index contributed by atoms with van der Waals surface area (Å²) in [5, 5.41) is 4.97. The second-order valence-electron chi connectivity index (χ2n) is 6.29. The largest absolute Gasteiger partial charge is 0.497 e. The van der Waals surface area contributed by atoms with Gasteiger partial charge in [-0.25, -0.2) is 4.79 Å². The molecule has 1 N–H and O–H groups in total. The van der Waals surface area contributed by atoms with Crippen molar-refractivity contribution in [3.8, 4) is 28.4 Å². The molecule has 7 nitrogen and oxygen atoms in total. The summed E-state index contributed by atoms with van der Waals surface area (Å²) < 4.78 is 21.2. The number of ether oxygens (including phenoxy) is 4. The Morgan fingerprint density at radius 2 is 1.68 bits per heavy atom. The van der Waals surface area contributed by atoms with Crippen molar-refractivity contribution < 1.29 is 28.5 Å². The Morgan fingerprint density at radius 3 is 2.32 bits per heavy atom. The molecule has 1 aromatic heterocycles. The molecule has 2 aromatic carbocycles. The second kappa shape index (κ2) is 10.5. The summed E-state index contributed by atoms with van der Waals surface area (Å²) in [5.41, 5.74) is 1.79. The zero-order valence-corrected chi connectivity index (χ0v) is 18.3. The van der Waals surface area contributed by atoms with Crippen molar-refractivity contribution in [2.24, 2.45) is 0 Å². The summed E-state index contributed by atoms with van der Waals surface area (Å²) in [6.45, 7) is 1.72. The molecule has 0 radical (unpaired) electrons. The molecule has 1 amide bonds. The molecule has 0 unspecified atom stereocenters. The molecule has 8 heteroatoms. The van der Waals surface area contributed by atoms with Gasteiger partial charge in [-0.2, -0.15) is 0 Å². The Labute approximate surface area is 184 Å². The summed E-state index contributed by atoms with van der Waals surface area (Å²) in [4.78, 5) is 25.2. The molecule has 3 rings (SSSR count). The zero-order valence-electron chi connectivity index (χ0n) is 17.5. The van der Waals surface area contributed by atoms with Crippen LogP contribution in [0.5, 0.6) is 17.2 Å². The number of hydrogen-bond donors (Lipinski definition) is 1. The number of methoxy groups -OCH3 is 2. The third kappa shape index (κ3) is 5.35. The topological polar surface area (TPSA) is 83.1 Å². The van der Waals surface area contributed by atoms with Crippen LogP contribution in [-0.2, 0) is 9.53 Å². The summed E-state index contributed by atoms with van der Waals surface area (Å²) in [6, 6.07) is 14.4. The van der Waals surface area contributed by atoms with Crippen molar-refractivity contribution in [2.45, 2.75) is 6.92 Å². The summed E-state index contributed by atoms with van der Waals surface area (Å²) >= 11 is 1.25. The molecule has 162 valence electrons. The van der Waals surface area contributed by atoms with Gasteiger partial charge in [0.25, 0.3) is 5.91 Å². The Bertz CT molecular complexity index is 1040. The molecule has 0 spiro atoms. The van der Waals surface area contributed by atoms with Gasteiger partial charge in [-0.3, -0.25) is 4.79 Å². The number of rotatable bonds is 9. The van der Waals surface area contributed by atoms with E-state index < -0.39 is 11.9 Å². The Balaban J connectivity index is 1.80. The van der Waals surface area contributed by atoms with Crippen LogP contribution in [0, 0.1) is 0 Å². The number of esters is 1. The molecule has 0 saturated carbocycles. The first kappa shape index (κ1) is 22.2.